The van der Waals surface area contributed by atoms with E-state index in [1.165, 1.54) is 12.1 Å². The number of halogens is 3. The molecule has 1 unspecified atom stereocenters. The van der Waals surface area contributed by atoms with Crippen molar-refractivity contribution >= 4 is 17.9 Å². The highest BCUT2D eigenvalue weighted by molar-refractivity contribution is 5.89. The molecule has 0 bridgehead atoms. The molecular formula is C22H27F3N4O4. The number of hydrogen-bond acceptors (Lipinski definition) is 7. The summed E-state index contributed by atoms with van der Waals surface area (Å²) in [6, 6.07) is 5.12. The molecule has 0 saturated carbocycles. The molecule has 1 fully saturated rings. The van der Waals surface area contributed by atoms with Crippen LogP contribution in [-0.2, 0) is 9.47 Å². The van der Waals surface area contributed by atoms with Crippen molar-refractivity contribution in [1.82, 2.24) is 9.97 Å². The largest absolute Gasteiger partial charge is 0.447 e. The molecular weight excluding hydrogens is 441 g/mol. The van der Waals surface area contributed by atoms with Gasteiger partial charge in [-0.3, -0.25) is 0 Å². The summed E-state index contributed by atoms with van der Waals surface area (Å²) >= 11 is 0. The van der Waals surface area contributed by atoms with E-state index in [0.717, 1.165) is 11.1 Å². The molecule has 0 spiro atoms. The van der Waals surface area contributed by atoms with Crippen LogP contribution < -0.4 is 15.0 Å². The second kappa shape index (κ2) is 9.82. The predicted molar refractivity (Wildman–Crippen MR) is 115 cm³/mol. The molecule has 0 radical (unpaired) electrons. The summed E-state index contributed by atoms with van der Waals surface area (Å²) in [5, 5.41) is 2.98. The SMILES string of the molecule is C[C@H](Nc1ncc(F)c(N2C(=O)OCC2[C@@H](C)OC(C)(C)C)n1)c1cccc(OC(F)F)c1. The molecule has 180 valence electrons. The topological polar surface area (TPSA) is 85.8 Å². The number of benzene rings is 1. The molecule has 3 atom stereocenters. The first-order valence-corrected chi connectivity index (χ1v) is 10.4. The molecule has 1 saturated heterocycles. The fourth-order valence-electron chi connectivity index (χ4n) is 3.49. The normalized spacial score (nSPS) is 18.3. The number of carbonyl (C=O) groups excluding carboxylic acids is 1. The van der Waals surface area contributed by atoms with Crippen LogP contribution in [0.3, 0.4) is 0 Å². The van der Waals surface area contributed by atoms with Crippen LogP contribution in [0.25, 0.3) is 0 Å². The highest BCUT2D eigenvalue weighted by atomic mass is 19.3. The number of carbonyl (C=O) groups is 1. The molecule has 8 nitrogen and oxygen atoms in total. The number of ether oxygens (including phenoxy) is 3. The minimum Gasteiger partial charge on any atom is -0.447 e. The average molecular weight is 468 g/mol. The van der Waals surface area contributed by atoms with Gasteiger partial charge in [-0.05, 0) is 52.3 Å². The number of cyclic esters (lactones) is 1. The summed E-state index contributed by atoms with van der Waals surface area (Å²) < 4.78 is 55.2. The van der Waals surface area contributed by atoms with Crippen LogP contribution in [-0.4, -0.2) is 47.0 Å². The molecule has 33 heavy (non-hydrogen) atoms. The molecule has 1 aromatic carbocycles. The number of nitrogens with zero attached hydrogens (tertiary/aromatic N) is 3. The van der Waals surface area contributed by atoms with Crippen LogP contribution in [0.15, 0.2) is 30.5 Å². The van der Waals surface area contributed by atoms with Crippen LogP contribution >= 0.6 is 0 Å². The van der Waals surface area contributed by atoms with Gasteiger partial charge in [-0.1, -0.05) is 12.1 Å². The Kier molecular flexibility index (Phi) is 7.31. The van der Waals surface area contributed by atoms with Gasteiger partial charge in [-0.15, -0.1) is 0 Å². The van der Waals surface area contributed by atoms with Gasteiger partial charge in [0, 0.05) is 0 Å². The third-order valence-corrected chi connectivity index (χ3v) is 4.87. The van der Waals surface area contributed by atoms with Crippen LogP contribution in [0.2, 0.25) is 0 Å². The van der Waals surface area contributed by atoms with Crippen molar-refractivity contribution < 1.29 is 32.2 Å². The smallest absolute Gasteiger partial charge is 0.416 e. The summed E-state index contributed by atoms with van der Waals surface area (Å²) in [5.41, 5.74) is 0.138. The van der Waals surface area contributed by atoms with Crippen molar-refractivity contribution in [1.29, 1.82) is 0 Å². The second-order valence-corrected chi connectivity index (χ2v) is 8.63. The molecule has 3 rings (SSSR count). The van der Waals surface area contributed by atoms with Crippen molar-refractivity contribution in [3.63, 3.8) is 0 Å². The van der Waals surface area contributed by atoms with E-state index < -0.39 is 42.3 Å². The van der Waals surface area contributed by atoms with E-state index in [1.807, 2.05) is 20.8 Å². The van der Waals surface area contributed by atoms with Crippen LogP contribution in [0.4, 0.5) is 29.7 Å². The molecule has 1 aliphatic heterocycles. The molecule has 0 aliphatic carbocycles. The zero-order valence-corrected chi connectivity index (χ0v) is 19.0. The van der Waals surface area contributed by atoms with Gasteiger partial charge in [-0.25, -0.2) is 19.1 Å². The Bertz CT molecular complexity index is 986. The van der Waals surface area contributed by atoms with Gasteiger partial charge >= 0.3 is 12.7 Å². The maximum Gasteiger partial charge on any atom is 0.416 e. The molecule has 1 amide bonds. The summed E-state index contributed by atoms with van der Waals surface area (Å²) in [4.78, 5) is 21.7. The fraction of sp³-hybridized carbons (Fsp3) is 0.500. The summed E-state index contributed by atoms with van der Waals surface area (Å²) in [6.45, 7) is 6.24. The van der Waals surface area contributed by atoms with Gasteiger partial charge in [0.2, 0.25) is 5.95 Å². The molecule has 2 aromatic rings. The zero-order valence-electron chi connectivity index (χ0n) is 19.0. The van der Waals surface area contributed by atoms with E-state index in [2.05, 4.69) is 20.0 Å². The number of amides is 1. The third kappa shape index (κ3) is 6.25. The maximum absolute atomic E-state index is 14.7. The maximum atomic E-state index is 14.7. The number of alkyl halides is 2. The van der Waals surface area contributed by atoms with Gasteiger partial charge < -0.3 is 19.5 Å². The monoisotopic (exact) mass is 468 g/mol. The first kappa shape index (κ1) is 24.6. The Morgan fingerprint density at radius 2 is 2.00 bits per heavy atom. The number of anilines is 2. The van der Waals surface area contributed by atoms with E-state index in [-0.39, 0.29) is 24.1 Å². The average Bonchev–Trinajstić information content (AvgIpc) is 3.09. The first-order chi connectivity index (χ1) is 15.4. The lowest BCUT2D eigenvalue weighted by atomic mass is 10.1. The minimum absolute atomic E-state index is 0.00681. The van der Waals surface area contributed by atoms with Crippen molar-refractivity contribution in [3.8, 4) is 5.75 Å². The first-order valence-electron chi connectivity index (χ1n) is 10.4. The highest BCUT2D eigenvalue weighted by Gasteiger charge is 2.41. The van der Waals surface area contributed by atoms with Gasteiger partial charge in [0.25, 0.3) is 0 Å². The van der Waals surface area contributed by atoms with Crippen molar-refractivity contribution in [2.45, 2.75) is 65.0 Å². The zero-order chi connectivity index (χ0) is 24.3. The lowest BCUT2D eigenvalue weighted by molar-refractivity contribution is -0.0619. The second-order valence-electron chi connectivity index (χ2n) is 8.63. The van der Waals surface area contributed by atoms with Crippen molar-refractivity contribution in [2.24, 2.45) is 0 Å². The Hall–Kier alpha value is -3.08. The number of hydrogen-bond donors (Lipinski definition) is 1. The third-order valence-electron chi connectivity index (χ3n) is 4.87. The quantitative estimate of drug-likeness (QED) is 0.589. The molecule has 2 heterocycles. The van der Waals surface area contributed by atoms with Gasteiger partial charge in [-0.2, -0.15) is 13.8 Å². The van der Waals surface area contributed by atoms with E-state index in [0.29, 0.717) is 5.56 Å². The lowest BCUT2D eigenvalue weighted by Gasteiger charge is -2.31. The van der Waals surface area contributed by atoms with Crippen LogP contribution in [0.5, 0.6) is 5.75 Å². The lowest BCUT2D eigenvalue weighted by Crippen LogP contribution is -2.45. The van der Waals surface area contributed by atoms with Gasteiger partial charge in [0.1, 0.15) is 18.4 Å². The minimum atomic E-state index is -2.94. The molecule has 11 heteroatoms. The Labute approximate surface area is 190 Å². The summed E-state index contributed by atoms with van der Waals surface area (Å²) in [5.74, 6) is -0.993. The van der Waals surface area contributed by atoms with E-state index in [9.17, 15) is 18.0 Å². The van der Waals surface area contributed by atoms with Crippen LogP contribution in [0, 0.1) is 5.82 Å². The Morgan fingerprint density at radius 1 is 1.27 bits per heavy atom. The van der Waals surface area contributed by atoms with E-state index in [1.54, 1.807) is 26.0 Å². The summed E-state index contributed by atoms with van der Waals surface area (Å²) in [6.07, 6.45) is -0.248. The predicted octanol–water partition coefficient (Wildman–Crippen LogP) is 4.92. The number of rotatable bonds is 8. The molecule has 1 aromatic heterocycles. The molecule has 1 N–H and O–H groups in total. The van der Waals surface area contributed by atoms with Crippen molar-refractivity contribution in [3.05, 3.63) is 41.8 Å². The van der Waals surface area contributed by atoms with Crippen LogP contribution in [0.1, 0.15) is 46.2 Å². The number of nitrogens with one attached hydrogen (secondary N) is 1. The van der Waals surface area contributed by atoms with Crippen molar-refractivity contribution in [2.75, 3.05) is 16.8 Å². The Balaban J connectivity index is 1.82. The number of aromatic nitrogens is 2. The van der Waals surface area contributed by atoms with E-state index >= 15 is 0 Å². The molecule has 1 aliphatic rings. The van der Waals surface area contributed by atoms with Gasteiger partial charge in [0.15, 0.2) is 11.6 Å². The fourth-order valence-corrected chi connectivity index (χ4v) is 3.49. The standard InChI is InChI=1S/C22H27F3N4O4/c1-12(14-7-6-8-15(9-14)32-19(24)25)27-20-26-10-16(23)18(28-20)29-17(11-31-21(29)30)13(2)33-22(3,4)5/h6-10,12-13,17,19H,11H2,1-5H3,(H,26,27,28)/t12-,13+,17?/m0/s1. The Morgan fingerprint density at radius 3 is 2.67 bits per heavy atom. The van der Waals surface area contributed by atoms with Gasteiger partial charge in [0.05, 0.1) is 23.9 Å². The summed E-state index contributed by atoms with van der Waals surface area (Å²) in [7, 11) is 0. The highest BCUT2D eigenvalue weighted by Crippen LogP contribution is 2.30. The van der Waals surface area contributed by atoms with E-state index in [4.69, 9.17) is 9.47 Å².